The first-order valence-corrected chi connectivity index (χ1v) is 6.71. The van der Waals surface area contributed by atoms with Gasteiger partial charge in [-0.3, -0.25) is 13.6 Å². The van der Waals surface area contributed by atoms with Gasteiger partial charge in [0, 0.05) is 0 Å². The van der Waals surface area contributed by atoms with Crippen LogP contribution in [-0.4, -0.2) is 31.0 Å². The van der Waals surface area contributed by atoms with Crippen LogP contribution in [-0.2, 0) is 18.1 Å². The molecule has 5 nitrogen and oxygen atoms in total. The second kappa shape index (κ2) is 8.25. The molecule has 0 aromatic rings. The van der Waals surface area contributed by atoms with E-state index in [2.05, 4.69) is 0 Å². The first kappa shape index (κ1) is 15.1. The van der Waals surface area contributed by atoms with E-state index in [-0.39, 0.29) is 6.61 Å². The van der Waals surface area contributed by atoms with Gasteiger partial charge in [-0.15, -0.1) is 0 Å². The second-order valence-electron chi connectivity index (χ2n) is 3.26. The van der Waals surface area contributed by atoms with Crippen LogP contribution in [0.5, 0.6) is 0 Å². The summed E-state index contributed by atoms with van der Waals surface area (Å²) in [6, 6.07) is 0. The zero-order valence-electron chi connectivity index (χ0n) is 9.64. The van der Waals surface area contributed by atoms with E-state index >= 15 is 0 Å². The highest BCUT2D eigenvalue weighted by atomic mass is 31.2. The molecule has 0 radical (unpaired) electrons. The molecule has 0 aliphatic carbocycles. The van der Waals surface area contributed by atoms with E-state index < -0.39 is 13.9 Å². The summed E-state index contributed by atoms with van der Waals surface area (Å²) < 4.78 is 26.9. The minimum absolute atomic E-state index is 0.0509. The fraction of sp³-hybridized carbons (Fsp3) is 1.00. The average Bonchev–Trinajstić information content (AvgIpc) is 2.21. The summed E-state index contributed by atoms with van der Waals surface area (Å²) >= 11 is 0. The molecule has 0 aromatic carbocycles. The Bertz CT molecular complexity index is 183. The van der Waals surface area contributed by atoms with Crippen molar-refractivity contribution in [3.63, 3.8) is 0 Å². The minimum atomic E-state index is -3.47. The van der Waals surface area contributed by atoms with Crippen molar-refractivity contribution >= 4 is 7.82 Å². The lowest BCUT2D eigenvalue weighted by Crippen LogP contribution is -2.11. The van der Waals surface area contributed by atoms with E-state index in [1.807, 2.05) is 13.8 Å². The highest BCUT2D eigenvalue weighted by molar-refractivity contribution is 7.48. The minimum Gasteiger partial charge on any atom is -0.391 e. The lowest BCUT2D eigenvalue weighted by molar-refractivity contribution is 0.0669. The highest BCUT2D eigenvalue weighted by Gasteiger charge is 2.26. The first-order chi connectivity index (χ1) is 7.04. The van der Waals surface area contributed by atoms with E-state index in [1.54, 1.807) is 6.92 Å². The molecule has 0 saturated heterocycles. The molecule has 6 heteroatoms. The zero-order valence-corrected chi connectivity index (χ0v) is 10.5. The third-order valence-electron chi connectivity index (χ3n) is 1.38. The SMILES string of the molecule is CCCOP(=O)(OCCC)OCC(C)O. The van der Waals surface area contributed by atoms with Crippen LogP contribution >= 0.6 is 7.82 Å². The van der Waals surface area contributed by atoms with E-state index in [9.17, 15) is 4.57 Å². The third-order valence-corrected chi connectivity index (χ3v) is 2.84. The van der Waals surface area contributed by atoms with Crippen molar-refractivity contribution in [3.8, 4) is 0 Å². The topological polar surface area (TPSA) is 65.0 Å². The van der Waals surface area contributed by atoms with Gasteiger partial charge < -0.3 is 5.11 Å². The lowest BCUT2D eigenvalue weighted by atomic mass is 10.5. The number of hydrogen-bond donors (Lipinski definition) is 1. The molecule has 0 bridgehead atoms. The molecule has 0 aliphatic rings. The molecular formula is C9H21O5P. The molecule has 0 aromatic heterocycles. The lowest BCUT2D eigenvalue weighted by Gasteiger charge is -2.18. The van der Waals surface area contributed by atoms with Crippen molar-refractivity contribution < 1.29 is 23.2 Å². The Morgan fingerprint density at radius 2 is 1.60 bits per heavy atom. The maximum absolute atomic E-state index is 11.9. The van der Waals surface area contributed by atoms with Gasteiger partial charge in [-0.25, -0.2) is 4.57 Å². The van der Waals surface area contributed by atoms with Crippen LogP contribution in [0.3, 0.4) is 0 Å². The van der Waals surface area contributed by atoms with Gasteiger partial charge in [-0.05, 0) is 19.8 Å². The zero-order chi connectivity index (χ0) is 11.7. The molecule has 1 atom stereocenters. The smallest absolute Gasteiger partial charge is 0.391 e. The fourth-order valence-corrected chi connectivity index (χ4v) is 2.15. The van der Waals surface area contributed by atoms with E-state index in [0.29, 0.717) is 13.2 Å². The number of phosphoric ester groups is 1. The van der Waals surface area contributed by atoms with Crippen LogP contribution in [0.2, 0.25) is 0 Å². The summed E-state index contributed by atoms with van der Waals surface area (Å²) in [5.41, 5.74) is 0. The Morgan fingerprint density at radius 1 is 1.13 bits per heavy atom. The summed E-state index contributed by atoms with van der Waals surface area (Å²) in [6.45, 7) is 5.94. The summed E-state index contributed by atoms with van der Waals surface area (Å²) in [4.78, 5) is 0. The first-order valence-electron chi connectivity index (χ1n) is 5.25. The molecule has 0 aliphatic heterocycles. The van der Waals surface area contributed by atoms with Gasteiger partial charge in [-0.1, -0.05) is 13.8 Å². The van der Waals surface area contributed by atoms with Crippen LogP contribution in [0, 0.1) is 0 Å². The number of rotatable bonds is 9. The Hall–Kier alpha value is 0.0700. The number of hydrogen-bond acceptors (Lipinski definition) is 5. The maximum atomic E-state index is 11.9. The molecule has 1 N–H and O–H groups in total. The summed E-state index contributed by atoms with van der Waals surface area (Å²) in [5.74, 6) is 0. The molecule has 0 saturated carbocycles. The molecule has 0 fully saturated rings. The maximum Gasteiger partial charge on any atom is 0.474 e. The Morgan fingerprint density at radius 3 is 1.93 bits per heavy atom. The second-order valence-corrected chi connectivity index (χ2v) is 4.93. The van der Waals surface area contributed by atoms with Gasteiger partial charge in [0.1, 0.15) is 0 Å². The van der Waals surface area contributed by atoms with Crippen molar-refractivity contribution in [1.29, 1.82) is 0 Å². The van der Waals surface area contributed by atoms with Gasteiger partial charge >= 0.3 is 7.82 Å². The molecule has 92 valence electrons. The quantitative estimate of drug-likeness (QED) is 0.626. The average molecular weight is 240 g/mol. The van der Waals surface area contributed by atoms with Crippen molar-refractivity contribution in [2.24, 2.45) is 0 Å². The molecule has 15 heavy (non-hydrogen) atoms. The van der Waals surface area contributed by atoms with Crippen molar-refractivity contribution in [2.45, 2.75) is 39.7 Å². The van der Waals surface area contributed by atoms with Crippen LogP contribution in [0.4, 0.5) is 0 Å². The Labute approximate surface area is 91.3 Å². The standard InChI is InChI=1S/C9H21O5P/c1-4-6-12-15(11,13-7-5-2)14-8-9(3)10/h9-10H,4-8H2,1-3H3. The van der Waals surface area contributed by atoms with Gasteiger partial charge in [0.15, 0.2) is 0 Å². The largest absolute Gasteiger partial charge is 0.474 e. The number of aliphatic hydroxyl groups is 1. The van der Waals surface area contributed by atoms with Gasteiger partial charge in [0.25, 0.3) is 0 Å². The molecular weight excluding hydrogens is 219 g/mol. The van der Waals surface area contributed by atoms with Gasteiger partial charge in [0.05, 0.1) is 25.9 Å². The van der Waals surface area contributed by atoms with Crippen LogP contribution in [0.25, 0.3) is 0 Å². The molecule has 0 rings (SSSR count). The number of aliphatic hydroxyl groups excluding tert-OH is 1. The van der Waals surface area contributed by atoms with Crippen LogP contribution in [0.15, 0.2) is 0 Å². The fourth-order valence-electron chi connectivity index (χ4n) is 0.717. The molecule has 0 heterocycles. The van der Waals surface area contributed by atoms with Gasteiger partial charge in [-0.2, -0.15) is 0 Å². The normalized spacial score (nSPS) is 14.1. The van der Waals surface area contributed by atoms with Crippen LogP contribution in [0.1, 0.15) is 33.6 Å². The highest BCUT2D eigenvalue weighted by Crippen LogP contribution is 2.49. The Kier molecular flexibility index (Phi) is 8.29. The predicted octanol–water partition coefficient (Wildman–Crippen LogP) is 2.35. The summed E-state index contributed by atoms with van der Waals surface area (Å²) in [5, 5.41) is 9.01. The molecule has 0 spiro atoms. The monoisotopic (exact) mass is 240 g/mol. The Balaban J connectivity index is 4.08. The predicted molar refractivity (Wildman–Crippen MR) is 57.7 cm³/mol. The van der Waals surface area contributed by atoms with Crippen molar-refractivity contribution in [1.82, 2.24) is 0 Å². The van der Waals surface area contributed by atoms with Crippen LogP contribution < -0.4 is 0 Å². The molecule has 0 amide bonds. The molecule has 1 unspecified atom stereocenters. The van der Waals surface area contributed by atoms with Gasteiger partial charge in [0.2, 0.25) is 0 Å². The van der Waals surface area contributed by atoms with E-state index in [4.69, 9.17) is 18.7 Å². The van der Waals surface area contributed by atoms with Crippen molar-refractivity contribution in [3.05, 3.63) is 0 Å². The third kappa shape index (κ3) is 7.94. The van der Waals surface area contributed by atoms with E-state index in [0.717, 1.165) is 12.8 Å². The summed E-state index contributed by atoms with van der Waals surface area (Å²) in [6.07, 6.45) is 0.781. The summed E-state index contributed by atoms with van der Waals surface area (Å²) in [7, 11) is -3.47. The van der Waals surface area contributed by atoms with E-state index in [1.165, 1.54) is 0 Å². The number of phosphoric acid groups is 1. The van der Waals surface area contributed by atoms with Crippen molar-refractivity contribution in [2.75, 3.05) is 19.8 Å².